The highest BCUT2D eigenvalue weighted by molar-refractivity contribution is 9.10. The van der Waals surface area contributed by atoms with Crippen LogP contribution in [0.5, 0.6) is 0 Å². The first-order valence-electron chi connectivity index (χ1n) is 7.95. The van der Waals surface area contributed by atoms with Gasteiger partial charge >= 0.3 is 0 Å². The van der Waals surface area contributed by atoms with Crippen molar-refractivity contribution in [3.05, 3.63) is 74.7 Å². The van der Waals surface area contributed by atoms with Gasteiger partial charge in [-0.1, -0.05) is 40.2 Å². The zero-order valence-corrected chi connectivity index (χ0v) is 15.6. The lowest BCUT2D eigenvalue weighted by molar-refractivity contribution is -0.122. The first kappa shape index (κ1) is 17.4. The van der Waals surface area contributed by atoms with E-state index in [2.05, 4.69) is 26.2 Å². The van der Waals surface area contributed by atoms with E-state index in [1.807, 2.05) is 50.2 Å². The molecule has 5 nitrogen and oxygen atoms in total. The van der Waals surface area contributed by atoms with Crippen molar-refractivity contribution in [2.45, 2.75) is 26.4 Å². The minimum atomic E-state index is -0.233. The van der Waals surface area contributed by atoms with Gasteiger partial charge in [-0.05, 0) is 43.2 Å². The summed E-state index contributed by atoms with van der Waals surface area (Å²) in [6.07, 6.45) is 1.43. The fraction of sp³-hybridized carbons (Fsp3) is 0.211. The predicted octanol–water partition coefficient (Wildman–Crippen LogP) is 3.34. The van der Waals surface area contributed by atoms with Crippen molar-refractivity contribution in [1.82, 2.24) is 14.9 Å². The fourth-order valence-electron chi connectivity index (χ4n) is 2.75. The second-order valence-corrected chi connectivity index (χ2v) is 6.91. The lowest BCUT2D eigenvalue weighted by Crippen LogP contribution is -2.34. The monoisotopic (exact) mass is 399 g/mol. The third kappa shape index (κ3) is 3.79. The summed E-state index contributed by atoms with van der Waals surface area (Å²) in [7, 11) is 0. The summed E-state index contributed by atoms with van der Waals surface area (Å²) in [6.45, 7) is 3.75. The van der Waals surface area contributed by atoms with Gasteiger partial charge in [-0.15, -0.1) is 0 Å². The van der Waals surface area contributed by atoms with Crippen LogP contribution in [0.15, 0.2) is 58.1 Å². The molecule has 0 fully saturated rings. The molecule has 0 saturated carbocycles. The molecule has 0 aliphatic carbocycles. The molecular formula is C19H18BrN3O2. The van der Waals surface area contributed by atoms with Crippen molar-refractivity contribution in [3.63, 3.8) is 0 Å². The van der Waals surface area contributed by atoms with Gasteiger partial charge in [0.1, 0.15) is 6.54 Å². The third-order valence-electron chi connectivity index (χ3n) is 4.10. The van der Waals surface area contributed by atoms with Crippen LogP contribution in [-0.4, -0.2) is 15.5 Å². The molecule has 1 aromatic heterocycles. The molecule has 0 aliphatic rings. The Balaban J connectivity index is 1.78. The van der Waals surface area contributed by atoms with Crippen LogP contribution in [-0.2, 0) is 11.3 Å². The molecule has 128 valence electrons. The maximum atomic E-state index is 12.6. The van der Waals surface area contributed by atoms with Gasteiger partial charge in [-0.3, -0.25) is 14.2 Å². The normalized spacial score (nSPS) is 12.1. The molecule has 0 spiro atoms. The Morgan fingerprint density at radius 1 is 1.28 bits per heavy atom. The Bertz CT molecular complexity index is 997. The van der Waals surface area contributed by atoms with Crippen LogP contribution < -0.4 is 10.9 Å². The Morgan fingerprint density at radius 2 is 2.04 bits per heavy atom. The minimum absolute atomic E-state index is 0.0614. The largest absolute Gasteiger partial charge is 0.348 e. The van der Waals surface area contributed by atoms with E-state index < -0.39 is 0 Å². The highest BCUT2D eigenvalue weighted by Gasteiger charge is 2.12. The van der Waals surface area contributed by atoms with Gasteiger partial charge in [0, 0.05) is 4.47 Å². The molecule has 2 aromatic carbocycles. The standard InChI is InChI=1S/C19H18BrN3O2/c1-12-5-3-8-16-18(12)21-11-23(19(16)25)10-17(24)22-13(2)14-6-4-7-15(20)9-14/h3-9,11,13H,10H2,1-2H3,(H,22,24)/t13-/m1/s1. The topological polar surface area (TPSA) is 64.0 Å². The van der Waals surface area contributed by atoms with Crippen molar-refractivity contribution < 1.29 is 4.79 Å². The van der Waals surface area contributed by atoms with Gasteiger partial charge in [-0.2, -0.15) is 0 Å². The predicted molar refractivity (Wildman–Crippen MR) is 101 cm³/mol. The molecule has 25 heavy (non-hydrogen) atoms. The first-order valence-corrected chi connectivity index (χ1v) is 8.74. The number of hydrogen-bond acceptors (Lipinski definition) is 3. The molecule has 0 unspecified atom stereocenters. The van der Waals surface area contributed by atoms with E-state index in [0.29, 0.717) is 10.9 Å². The second-order valence-electron chi connectivity index (χ2n) is 5.99. The molecule has 1 amide bonds. The van der Waals surface area contributed by atoms with Crippen LogP contribution in [0.4, 0.5) is 0 Å². The van der Waals surface area contributed by atoms with Crippen molar-refractivity contribution in [2.75, 3.05) is 0 Å². The Morgan fingerprint density at radius 3 is 2.80 bits per heavy atom. The average Bonchev–Trinajstić information content (AvgIpc) is 2.58. The van der Waals surface area contributed by atoms with Gasteiger partial charge in [0.15, 0.2) is 0 Å². The van der Waals surface area contributed by atoms with Crippen LogP contribution in [0.1, 0.15) is 24.1 Å². The number of halogens is 1. The van der Waals surface area contributed by atoms with Crippen LogP contribution in [0.3, 0.4) is 0 Å². The maximum Gasteiger partial charge on any atom is 0.261 e. The van der Waals surface area contributed by atoms with Crippen LogP contribution in [0, 0.1) is 6.92 Å². The number of aryl methyl sites for hydroxylation is 1. The van der Waals surface area contributed by atoms with Crippen molar-refractivity contribution in [1.29, 1.82) is 0 Å². The summed E-state index contributed by atoms with van der Waals surface area (Å²) in [6, 6.07) is 13.1. The van der Waals surface area contributed by atoms with Gasteiger partial charge in [0.05, 0.1) is 23.3 Å². The molecule has 3 aromatic rings. The van der Waals surface area contributed by atoms with E-state index in [9.17, 15) is 9.59 Å². The number of nitrogens with one attached hydrogen (secondary N) is 1. The number of fused-ring (bicyclic) bond motifs is 1. The zero-order valence-electron chi connectivity index (χ0n) is 14.0. The average molecular weight is 400 g/mol. The number of benzene rings is 2. The summed E-state index contributed by atoms with van der Waals surface area (Å²) in [5.74, 6) is -0.233. The Kier molecular flexibility index (Phi) is 4.99. The Labute approximate surface area is 153 Å². The summed E-state index contributed by atoms with van der Waals surface area (Å²) >= 11 is 3.42. The lowest BCUT2D eigenvalue weighted by Gasteiger charge is -2.15. The molecule has 0 aliphatic heterocycles. The molecule has 1 atom stereocenters. The van der Waals surface area contributed by atoms with E-state index >= 15 is 0 Å². The highest BCUT2D eigenvalue weighted by Crippen LogP contribution is 2.17. The molecule has 1 heterocycles. The molecule has 0 radical (unpaired) electrons. The molecular weight excluding hydrogens is 382 g/mol. The van der Waals surface area contributed by atoms with Gasteiger partial charge in [0.2, 0.25) is 5.91 Å². The van der Waals surface area contributed by atoms with E-state index in [-0.39, 0.29) is 24.1 Å². The number of nitrogens with zero attached hydrogens (tertiary/aromatic N) is 2. The number of rotatable bonds is 4. The first-order chi connectivity index (χ1) is 12.0. The third-order valence-corrected chi connectivity index (χ3v) is 4.59. The van der Waals surface area contributed by atoms with E-state index in [0.717, 1.165) is 15.6 Å². The SMILES string of the molecule is Cc1cccc2c(=O)n(CC(=O)N[C@H](C)c3cccc(Br)c3)cnc12. The fourth-order valence-corrected chi connectivity index (χ4v) is 3.17. The number of aromatic nitrogens is 2. The van der Waals surface area contributed by atoms with Crippen LogP contribution in [0.25, 0.3) is 10.9 Å². The summed E-state index contributed by atoms with van der Waals surface area (Å²) in [5, 5.41) is 3.43. The molecule has 6 heteroatoms. The molecule has 1 N–H and O–H groups in total. The van der Waals surface area contributed by atoms with Crippen LogP contribution in [0.2, 0.25) is 0 Å². The van der Waals surface area contributed by atoms with Gasteiger partial charge in [-0.25, -0.2) is 4.98 Å². The summed E-state index contributed by atoms with van der Waals surface area (Å²) in [5.41, 5.74) is 2.39. The minimum Gasteiger partial charge on any atom is -0.348 e. The lowest BCUT2D eigenvalue weighted by atomic mass is 10.1. The number of hydrogen-bond donors (Lipinski definition) is 1. The summed E-state index contributed by atoms with van der Waals surface area (Å²) in [4.78, 5) is 29.2. The summed E-state index contributed by atoms with van der Waals surface area (Å²) < 4.78 is 2.29. The number of carbonyl (C=O) groups excluding carboxylic acids is 1. The highest BCUT2D eigenvalue weighted by atomic mass is 79.9. The van der Waals surface area contributed by atoms with Crippen LogP contribution >= 0.6 is 15.9 Å². The van der Waals surface area contributed by atoms with Gasteiger partial charge in [0.25, 0.3) is 5.56 Å². The van der Waals surface area contributed by atoms with Crippen molar-refractivity contribution in [3.8, 4) is 0 Å². The Hall–Kier alpha value is -2.47. The maximum absolute atomic E-state index is 12.6. The smallest absolute Gasteiger partial charge is 0.261 e. The van der Waals surface area contributed by atoms with E-state index in [1.165, 1.54) is 10.9 Å². The van der Waals surface area contributed by atoms with Crippen molar-refractivity contribution >= 4 is 32.7 Å². The van der Waals surface area contributed by atoms with Gasteiger partial charge < -0.3 is 5.32 Å². The number of carbonyl (C=O) groups is 1. The second kappa shape index (κ2) is 7.19. The van der Waals surface area contributed by atoms with E-state index in [4.69, 9.17) is 0 Å². The van der Waals surface area contributed by atoms with Crippen molar-refractivity contribution in [2.24, 2.45) is 0 Å². The zero-order chi connectivity index (χ0) is 18.0. The number of para-hydroxylation sites is 1. The quantitative estimate of drug-likeness (QED) is 0.731. The molecule has 0 saturated heterocycles. The molecule has 0 bridgehead atoms. The van der Waals surface area contributed by atoms with E-state index in [1.54, 1.807) is 6.07 Å². The number of amides is 1. The molecule has 3 rings (SSSR count).